The fourth-order valence-corrected chi connectivity index (χ4v) is 1.31. The van der Waals surface area contributed by atoms with Crippen molar-refractivity contribution in [2.24, 2.45) is 0 Å². The van der Waals surface area contributed by atoms with E-state index in [4.69, 9.17) is 4.74 Å². The van der Waals surface area contributed by atoms with E-state index in [-0.39, 0.29) is 12.4 Å². The third-order valence-corrected chi connectivity index (χ3v) is 2.10. The predicted octanol–water partition coefficient (Wildman–Crippen LogP) is 2.11. The molecular formula is C13H12N2O2. The number of Topliss-reactive ketones (excluding diaryl/α,β-unsaturated/α-hetero) is 1. The van der Waals surface area contributed by atoms with E-state index in [9.17, 15) is 4.79 Å². The van der Waals surface area contributed by atoms with Gasteiger partial charge in [0.05, 0.1) is 12.4 Å². The largest absolute Gasteiger partial charge is 0.483 e. The van der Waals surface area contributed by atoms with E-state index in [0.29, 0.717) is 11.6 Å². The lowest BCUT2D eigenvalue weighted by atomic mass is 10.2. The SMILES string of the molecule is CC(=O)COc1cnc(-c2ccccc2)nc1. The Labute approximate surface area is 99.3 Å². The van der Waals surface area contributed by atoms with Gasteiger partial charge in [-0.1, -0.05) is 30.3 Å². The highest BCUT2D eigenvalue weighted by molar-refractivity contribution is 5.77. The molecule has 0 fully saturated rings. The number of nitrogens with zero attached hydrogens (tertiary/aromatic N) is 2. The van der Waals surface area contributed by atoms with Crippen LogP contribution < -0.4 is 4.74 Å². The molecule has 1 aromatic carbocycles. The minimum Gasteiger partial charge on any atom is -0.483 e. The summed E-state index contributed by atoms with van der Waals surface area (Å²) in [5.41, 5.74) is 0.950. The van der Waals surface area contributed by atoms with Gasteiger partial charge in [-0.25, -0.2) is 9.97 Å². The van der Waals surface area contributed by atoms with E-state index in [1.807, 2.05) is 30.3 Å². The van der Waals surface area contributed by atoms with Gasteiger partial charge in [0.1, 0.15) is 6.61 Å². The summed E-state index contributed by atoms with van der Waals surface area (Å²) in [6, 6.07) is 9.67. The van der Waals surface area contributed by atoms with Crippen LogP contribution in [-0.2, 0) is 4.79 Å². The summed E-state index contributed by atoms with van der Waals surface area (Å²) in [4.78, 5) is 19.1. The molecule has 0 aliphatic rings. The highest BCUT2D eigenvalue weighted by atomic mass is 16.5. The molecule has 1 heterocycles. The number of benzene rings is 1. The van der Waals surface area contributed by atoms with E-state index in [1.165, 1.54) is 6.92 Å². The van der Waals surface area contributed by atoms with Crippen LogP contribution in [0.1, 0.15) is 6.92 Å². The van der Waals surface area contributed by atoms with Gasteiger partial charge >= 0.3 is 0 Å². The first-order valence-corrected chi connectivity index (χ1v) is 5.25. The van der Waals surface area contributed by atoms with E-state index in [2.05, 4.69) is 9.97 Å². The standard InChI is InChI=1S/C13H12N2O2/c1-10(16)9-17-12-7-14-13(15-8-12)11-5-3-2-4-6-11/h2-8H,9H2,1H3. The van der Waals surface area contributed by atoms with Gasteiger partial charge in [-0.05, 0) is 6.92 Å². The Morgan fingerprint density at radius 2 is 1.82 bits per heavy atom. The zero-order valence-electron chi connectivity index (χ0n) is 9.46. The number of carbonyl (C=O) groups is 1. The second-order valence-corrected chi connectivity index (χ2v) is 3.60. The van der Waals surface area contributed by atoms with Crippen molar-refractivity contribution in [3.05, 3.63) is 42.7 Å². The monoisotopic (exact) mass is 228 g/mol. The normalized spacial score (nSPS) is 9.94. The molecule has 2 aromatic rings. The summed E-state index contributed by atoms with van der Waals surface area (Å²) >= 11 is 0. The van der Waals surface area contributed by atoms with Crippen LogP contribution in [0.2, 0.25) is 0 Å². The molecule has 2 rings (SSSR count). The number of ketones is 1. The first-order valence-electron chi connectivity index (χ1n) is 5.25. The smallest absolute Gasteiger partial charge is 0.167 e. The summed E-state index contributed by atoms with van der Waals surface area (Å²) in [5.74, 6) is 1.11. The molecule has 1 aromatic heterocycles. The molecule has 0 radical (unpaired) electrons. The van der Waals surface area contributed by atoms with Crippen molar-refractivity contribution in [2.45, 2.75) is 6.92 Å². The molecule has 0 aliphatic heterocycles. The molecule has 0 unspecified atom stereocenters. The van der Waals surface area contributed by atoms with Crippen LogP contribution in [0.5, 0.6) is 5.75 Å². The number of rotatable bonds is 4. The second kappa shape index (κ2) is 5.21. The Morgan fingerprint density at radius 3 is 2.41 bits per heavy atom. The fourth-order valence-electron chi connectivity index (χ4n) is 1.31. The van der Waals surface area contributed by atoms with Gasteiger partial charge < -0.3 is 4.74 Å². The number of ether oxygens (including phenoxy) is 1. The summed E-state index contributed by atoms with van der Waals surface area (Å²) < 4.78 is 5.18. The number of hydrogen-bond acceptors (Lipinski definition) is 4. The van der Waals surface area contributed by atoms with Crippen LogP contribution in [0, 0.1) is 0 Å². The molecule has 17 heavy (non-hydrogen) atoms. The molecule has 0 N–H and O–H groups in total. The van der Waals surface area contributed by atoms with Crippen LogP contribution in [-0.4, -0.2) is 22.4 Å². The van der Waals surface area contributed by atoms with Crippen molar-refractivity contribution >= 4 is 5.78 Å². The lowest BCUT2D eigenvalue weighted by molar-refractivity contribution is -0.118. The van der Waals surface area contributed by atoms with Gasteiger partial charge in [0, 0.05) is 5.56 Å². The highest BCUT2D eigenvalue weighted by Crippen LogP contribution is 2.15. The second-order valence-electron chi connectivity index (χ2n) is 3.60. The van der Waals surface area contributed by atoms with E-state index < -0.39 is 0 Å². The molecule has 0 saturated carbocycles. The van der Waals surface area contributed by atoms with Crippen LogP contribution in [0.15, 0.2) is 42.7 Å². The van der Waals surface area contributed by atoms with E-state index in [1.54, 1.807) is 12.4 Å². The quantitative estimate of drug-likeness (QED) is 0.804. The summed E-state index contributed by atoms with van der Waals surface area (Å²) in [6.07, 6.45) is 3.14. The Balaban J connectivity index is 2.11. The molecule has 0 bridgehead atoms. The van der Waals surface area contributed by atoms with Crippen LogP contribution in [0.3, 0.4) is 0 Å². The zero-order chi connectivity index (χ0) is 12.1. The van der Waals surface area contributed by atoms with Crippen molar-refractivity contribution in [1.82, 2.24) is 9.97 Å². The lowest BCUT2D eigenvalue weighted by Gasteiger charge is -2.03. The summed E-state index contributed by atoms with van der Waals surface area (Å²) in [7, 11) is 0. The topological polar surface area (TPSA) is 52.1 Å². The van der Waals surface area contributed by atoms with Crippen LogP contribution in [0.4, 0.5) is 0 Å². The van der Waals surface area contributed by atoms with Crippen LogP contribution in [0.25, 0.3) is 11.4 Å². The summed E-state index contributed by atoms with van der Waals surface area (Å²) in [5, 5.41) is 0. The first-order chi connectivity index (χ1) is 8.25. The van der Waals surface area contributed by atoms with Crippen molar-refractivity contribution in [1.29, 1.82) is 0 Å². The molecule has 4 nitrogen and oxygen atoms in total. The van der Waals surface area contributed by atoms with Crippen molar-refractivity contribution in [3.63, 3.8) is 0 Å². The molecule has 86 valence electrons. The Kier molecular flexibility index (Phi) is 3.45. The predicted molar refractivity (Wildman–Crippen MR) is 63.6 cm³/mol. The van der Waals surface area contributed by atoms with Gasteiger partial charge in [0.2, 0.25) is 0 Å². The van der Waals surface area contributed by atoms with Crippen molar-refractivity contribution in [2.75, 3.05) is 6.61 Å². The fraction of sp³-hybridized carbons (Fsp3) is 0.154. The molecule has 0 atom stereocenters. The Bertz CT molecular complexity index is 495. The number of carbonyl (C=O) groups excluding carboxylic acids is 1. The number of hydrogen-bond donors (Lipinski definition) is 0. The van der Waals surface area contributed by atoms with Crippen molar-refractivity contribution in [3.8, 4) is 17.1 Å². The third kappa shape index (κ3) is 3.11. The van der Waals surface area contributed by atoms with Gasteiger partial charge in [0.15, 0.2) is 17.4 Å². The maximum Gasteiger partial charge on any atom is 0.167 e. The molecule has 0 spiro atoms. The zero-order valence-corrected chi connectivity index (χ0v) is 9.46. The summed E-state index contributed by atoms with van der Waals surface area (Å²) in [6.45, 7) is 1.52. The number of aromatic nitrogens is 2. The highest BCUT2D eigenvalue weighted by Gasteiger charge is 2.01. The van der Waals surface area contributed by atoms with Crippen LogP contribution >= 0.6 is 0 Å². The minimum absolute atomic E-state index is 0.0304. The molecule has 0 aliphatic carbocycles. The molecule has 4 heteroatoms. The first kappa shape index (κ1) is 11.3. The maximum absolute atomic E-state index is 10.7. The van der Waals surface area contributed by atoms with E-state index in [0.717, 1.165) is 5.56 Å². The molecule has 0 amide bonds. The van der Waals surface area contributed by atoms with Gasteiger partial charge in [-0.15, -0.1) is 0 Å². The Hall–Kier alpha value is -2.23. The van der Waals surface area contributed by atoms with Gasteiger partial charge in [0.25, 0.3) is 0 Å². The van der Waals surface area contributed by atoms with Crippen molar-refractivity contribution < 1.29 is 9.53 Å². The average Bonchev–Trinajstić information content (AvgIpc) is 2.38. The van der Waals surface area contributed by atoms with Gasteiger partial charge in [-0.2, -0.15) is 0 Å². The lowest BCUT2D eigenvalue weighted by Crippen LogP contribution is -2.07. The Morgan fingerprint density at radius 1 is 1.18 bits per heavy atom. The van der Waals surface area contributed by atoms with E-state index >= 15 is 0 Å². The third-order valence-electron chi connectivity index (χ3n) is 2.10. The molecular weight excluding hydrogens is 216 g/mol. The molecule has 0 saturated heterocycles. The van der Waals surface area contributed by atoms with Gasteiger partial charge in [-0.3, -0.25) is 4.79 Å². The average molecular weight is 228 g/mol. The minimum atomic E-state index is -0.0304. The maximum atomic E-state index is 10.7.